The second kappa shape index (κ2) is 8.25. The average Bonchev–Trinajstić information content (AvgIpc) is 3.31. The summed E-state index contributed by atoms with van der Waals surface area (Å²) in [5, 5.41) is 20.0. The maximum Gasteiger partial charge on any atom is 0.220 e. The van der Waals surface area contributed by atoms with Gasteiger partial charge in [-0.3, -0.25) is 4.79 Å². The lowest BCUT2D eigenvalue weighted by atomic mass is 9.96. The van der Waals surface area contributed by atoms with Crippen molar-refractivity contribution in [1.29, 1.82) is 0 Å². The normalized spacial score (nSPS) is 20.5. The van der Waals surface area contributed by atoms with Gasteiger partial charge in [-0.1, -0.05) is 0 Å². The SMILES string of the molecule is C#CCCC1(CCC(=O)NCC2CCN(CCO)CC2)N=N1. The number of aliphatic hydroxyl groups is 1. The number of aliphatic hydroxyl groups excluding tert-OH is 1. The molecule has 22 heavy (non-hydrogen) atoms. The highest BCUT2D eigenvalue weighted by atomic mass is 16.3. The summed E-state index contributed by atoms with van der Waals surface area (Å²) in [6.45, 7) is 3.74. The molecule has 0 bridgehead atoms. The number of amides is 1. The molecular formula is C16H26N4O2. The molecule has 2 heterocycles. The highest BCUT2D eigenvalue weighted by Gasteiger charge is 2.39. The topological polar surface area (TPSA) is 77.3 Å². The monoisotopic (exact) mass is 306 g/mol. The fraction of sp³-hybridized carbons (Fsp3) is 0.812. The minimum absolute atomic E-state index is 0.0789. The van der Waals surface area contributed by atoms with E-state index in [0.717, 1.165) is 45.4 Å². The number of nitrogens with one attached hydrogen (secondary N) is 1. The number of nitrogens with zero attached hydrogens (tertiary/aromatic N) is 3. The zero-order chi connectivity index (χ0) is 15.8. The molecule has 0 aromatic carbocycles. The van der Waals surface area contributed by atoms with Crippen LogP contribution in [-0.2, 0) is 4.79 Å². The summed E-state index contributed by atoms with van der Waals surface area (Å²) in [4.78, 5) is 14.2. The van der Waals surface area contributed by atoms with E-state index >= 15 is 0 Å². The van der Waals surface area contributed by atoms with Gasteiger partial charge in [0, 0.05) is 38.8 Å². The van der Waals surface area contributed by atoms with Gasteiger partial charge in [-0.15, -0.1) is 12.3 Å². The standard InChI is InChI=1S/C16H26N4O2/c1-2-3-7-16(18-19-16)8-4-15(22)17-13-14-5-9-20(10-6-14)11-12-21/h1,14,21H,3-13H2,(H,17,22). The first kappa shape index (κ1) is 16.9. The lowest BCUT2D eigenvalue weighted by Gasteiger charge is -2.31. The number of β-amino-alcohol motifs (C(OH)–C–C–N with tert-alkyl or cyclic N) is 1. The number of carbonyl (C=O) groups is 1. The molecule has 0 spiro atoms. The minimum Gasteiger partial charge on any atom is -0.395 e. The van der Waals surface area contributed by atoms with E-state index < -0.39 is 0 Å². The fourth-order valence-electron chi connectivity index (χ4n) is 2.88. The molecule has 0 radical (unpaired) electrons. The smallest absolute Gasteiger partial charge is 0.220 e. The molecule has 6 nitrogen and oxygen atoms in total. The van der Waals surface area contributed by atoms with Crippen LogP contribution >= 0.6 is 0 Å². The lowest BCUT2D eigenvalue weighted by Crippen LogP contribution is -2.39. The Balaban J connectivity index is 1.56. The van der Waals surface area contributed by atoms with Crippen molar-refractivity contribution < 1.29 is 9.90 Å². The average molecular weight is 306 g/mol. The Hall–Kier alpha value is -1.45. The van der Waals surface area contributed by atoms with Gasteiger partial charge in [0.15, 0.2) is 5.66 Å². The van der Waals surface area contributed by atoms with Crippen LogP contribution in [0.2, 0.25) is 0 Å². The molecule has 2 aliphatic rings. The predicted octanol–water partition coefficient (Wildman–Crippen LogP) is 1.16. The van der Waals surface area contributed by atoms with Crippen LogP contribution in [0.1, 0.15) is 38.5 Å². The van der Waals surface area contributed by atoms with E-state index in [4.69, 9.17) is 11.5 Å². The summed E-state index contributed by atoms with van der Waals surface area (Å²) in [6.07, 6.45) is 9.93. The quantitative estimate of drug-likeness (QED) is 0.628. The van der Waals surface area contributed by atoms with Crippen molar-refractivity contribution in [1.82, 2.24) is 10.2 Å². The van der Waals surface area contributed by atoms with Crippen LogP contribution in [-0.4, -0.2) is 54.4 Å². The Bertz CT molecular complexity index is 430. The van der Waals surface area contributed by atoms with Gasteiger partial charge in [0.1, 0.15) is 0 Å². The van der Waals surface area contributed by atoms with Crippen molar-refractivity contribution >= 4 is 5.91 Å². The second-order valence-electron chi connectivity index (χ2n) is 6.20. The van der Waals surface area contributed by atoms with Crippen molar-refractivity contribution in [3.8, 4) is 12.3 Å². The van der Waals surface area contributed by atoms with Crippen LogP contribution in [0.15, 0.2) is 10.2 Å². The molecule has 0 aromatic rings. The third kappa shape index (κ3) is 5.39. The van der Waals surface area contributed by atoms with E-state index in [0.29, 0.717) is 25.2 Å². The number of rotatable bonds is 9. The van der Waals surface area contributed by atoms with Crippen LogP contribution in [0, 0.1) is 18.3 Å². The summed E-state index contributed by atoms with van der Waals surface area (Å²) < 4.78 is 0. The van der Waals surface area contributed by atoms with E-state index in [2.05, 4.69) is 26.4 Å². The summed E-state index contributed by atoms with van der Waals surface area (Å²) in [5.74, 6) is 3.22. The molecule has 2 rings (SSSR count). The third-order valence-electron chi connectivity index (χ3n) is 4.52. The molecule has 1 fully saturated rings. The summed E-state index contributed by atoms with van der Waals surface area (Å²) in [6, 6.07) is 0. The van der Waals surface area contributed by atoms with Crippen LogP contribution < -0.4 is 5.32 Å². The zero-order valence-corrected chi connectivity index (χ0v) is 13.1. The van der Waals surface area contributed by atoms with Gasteiger partial charge in [-0.05, 0) is 31.8 Å². The fourth-order valence-corrected chi connectivity index (χ4v) is 2.88. The number of hydrogen-bond donors (Lipinski definition) is 2. The highest BCUT2D eigenvalue weighted by molar-refractivity contribution is 5.76. The number of piperidine rings is 1. The molecule has 0 aromatic heterocycles. The number of hydrogen-bond acceptors (Lipinski definition) is 5. The Morgan fingerprint density at radius 3 is 2.68 bits per heavy atom. The van der Waals surface area contributed by atoms with Gasteiger partial charge in [0.25, 0.3) is 0 Å². The molecule has 0 aliphatic carbocycles. The molecule has 1 saturated heterocycles. The van der Waals surface area contributed by atoms with Crippen LogP contribution in [0.3, 0.4) is 0 Å². The molecule has 2 N–H and O–H groups in total. The van der Waals surface area contributed by atoms with Gasteiger partial charge >= 0.3 is 0 Å². The van der Waals surface area contributed by atoms with E-state index in [9.17, 15) is 4.79 Å². The van der Waals surface area contributed by atoms with Gasteiger partial charge in [-0.2, -0.15) is 10.2 Å². The van der Waals surface area contributed by atoms with Gasteiger partial charge in [-0.25, -0.2) is 0 Å². The van der Waals surface area contributed by atoms with Crippen molar-refractivity contribution in [3.63, 3.8) is 0 Å². The van der Waals surface area contributed by atoms with E-state index in [1.807, 2.05) is 0 Å². The van der Waals surface area contributed by atoms with Crippen molar-refractivity contribution in [2.45, 2.75) is 44.2 Å². The zero-order valence-electron chi connectivity index (χ0n) is 13.1. The maximum absolute atomic E-state index is 11.9. The molecule has 122 valence electrons. The Labute approximate surface area is 132 Å². The molecule has 0 saturated carbocycles. The molecular weight excluding hydrogens is 280 g/mol. The van der Waals surface area contributed by atoms with Crippen molar-refractivity contribution in [2.24, 2.45) is 16.1 Å². The number of terminal acetylenes is 1. The van der Waals surface area contributed by atoms with Gasteiger partial charge in [0.05, 0.1) is 6.61 Å². The van der Waals surface area contributed by atoms with Crippen LogP contribution in [0.4, 0.5) is 0 Å². The molecule has 0 atom stereocenters. The van der Waals surface area contributed by atoms with Crippen LogP contribution in [0.5, 0.6) is 0 Å². The summed E-state index contributed by atoms with van der Waals surface area (Å²) in [5.41, 5.74) is -0.362. The van der Waals surface area contributed by atoms with Gasteiger partial charge < -0.3 is 15.3 Å². The minimum atomic E-state index is -0.362. The highest BCUT2D eigenvalue weighted by Crippen LogP contribution is 2.37. The second-order valence-corrected chi connectivity index (χ2v) is 6.20. The van der Waals surface area contributed by atoms with Crippen molar-refractivity contribution in [2.75, 3.05) is 32.8 Å². The molecule has 2 aliphatic heterocycles. The Kier molecular flexibility index (Phi) is 6.34. The third-order valence-corrected chi connectivity index (χ3v) is 4.52. The van der Waals surface area contributed by atoms with Gasteiger partial charge in [0.2, 0.25) is 5.91 Å². The molecule has 0 unspecified atom stereocenters. The van der Waals surface area contributed by atoms with Crippen LogP contribution in [0.25, 0.3) is 0 Å². The van der Waals surface area contributed by atoms with E-state index in [-0.39, 0.29) is 18.2 Å². The summed E-state index contributed by atoms with van der Waals surface area (Å²) >= 11 is 0. The Morgan fingerprint density at radius 2 is 2.09 bits per heavy atom. The lowest BCUT2D eigenvalue weighted by molar-refractivity contribution is -0.121. The largest absolute Gasteiger partial charge is 0.395 e. The van der Waals surface area contributed by atoms with E-state index in [1.165, 1.54) is 0 Å². The first-order chi connectivity index (χ1) is 10.7. The first-order valence-electron chi connectivity index (χ1n) is 8.15. The van der Waals surface area contributed by atoms with Crippen molar-refractivity contribution in [3.05, 3.63) is 0 Å². The predicted molar refractivity (Wildman–Crippen MR) is 84.1 cm³/mol. The molecule has 1 amide bonds. The number of likely N-dealkylation sites (tertiary alicyclic amines) is 1. The summed E-state index contributed by atoms with van der Waals surface area (Å²) in [7, 11) is 0. The molecule has 6 heteroatoms. The first-order valence-corrected chi connectivity index (χ1v) is 8.15. The maximum atomic E-state index is 11.9. The Morgan fingerprint density at radius 1 is 1.36 bits per heavy atom. The number of carbonyl (C=O) groups excluding carboxylic acids is 1. The van der Waals surface area contributed by atoms with E-state index in [1.54, 1.807) is 0 Å².